The van der Waals surface area contributed by atoms with E-state index in [1.54, 1.807) is 6.92 Å². The molecular weight excluding hydrogens is 348 g/mol. The summed E-state index contributed by atoms with van der Waals surface area (Å²) in [4.78, 5) is 25.7. The third-order valence-corrected chi connectivity index (χ3v) is 4.65. The van der Waals surface area contributed by atoms with E-state index >= 15 is 0 Å². The van der Waals surface area contributed by atoms with Crippen molar-refractivity contribution in [3.63, 3.8) is 0 Å². The largest absolute Gasteiger partial charge is 0.386 e. The highest BCUT2D eigenvalue weighted by Crippen LogP contribution is 2.40. The quantitative estimate of drug-likeness (QED) is 0.771. The molecule has 1 aliphatic rings. The number of aliphatic hydroxyl groups is 1. The fourth-order valence-electron chi connectivity index (χ4n) is 3.31. The van der Waals surface area contributed by atoms with E-state index in [9.17, 15) is 14.7 Å². The molecule has 0 bridgehead atoms. The van der Waals surface area contributed by atoms with Gasteiger partial charge in [0.25, 0.3) is 5.56 Å². The second-order valence-corrected chi connectivity index (χ2v) is 6.35. The number of nitrogens with one attached hydrogen (secondary N) is 1. The summed E-state index contributed by atoms with van der Waals surface area (Å²) in [5.74, 6) is 5.85. The molecule has 1 aromatic carbocycles. The van der Waals surface area contributed by atoms with Crippen molar-refractivity contribution in [1.82, 2.24) is 9.55 Å². The van der Waals surface area contributed by atoms with Gasteiger partial charge >= 0.3 is 5.69 Å². The van der Waals surface area contributed by atoms with Crippen LogP contribution in [0.15, 0.2) is 52.2 Å². The molecule has 7 nitrogen and oxygen atoms in total. The Labute approximate surface area is 156 Å². The Morgan fingerprint density at radius 1 is 1.30 bits per heavy atom. The minimum atomic E-state index is -1.14. The van der Waals surface area contributed by atoms with E-state index in [1.807, 2.05) is 37.3 Å². The van der Waals surface area contributed by atoms with Crippen molar-refractivity contribution < 1.29 is 14.6 Å². The van der Waals surface area contributed by atoms with Crippen LogP contribution >= 0.6 is 0 Å². The summed E-state index contributed by atoms with van der Waals surface area (Å²) < 4.78 is 13.2. The van der Waals surface area contributed by atoms with Crippen molar-refractivity contribution in [3.05, 3.63) is 69.0 Å². The monoisotopic (exact) mass is 370 g/mol. The molecule has 142 valence electrons. The Morgan fingerprint density at radius 3 is 2.67 bits per heavy atom. The normalized spacial score (nSPS) is 27.1. The van der Waals surface area contributed by atoms with E-state index in [4.69, 9.17) is 9.47 Å². The van der Waals surface area contributed by atoms with Gasteiger partial charge in [0.1, 0.15) is 12.2 Å². The van der Waals surface area contributed by atoms with E-state index in [-0.39, 0.29) is 6.61 Å². The van der Waals surface area contributed by atoms with Crippen molar-refractivity contribution in [2.75, 3.05) is 0 Å². The van der Waals surface area contributed by atoms with Gasteiger partial charge in [0, 0.05) is 12.3 Å². The van der Waals surface area contributed by atoms with Crippen LogP contribution in [0.5, 0.6) is 0 Å². The van der Waals surface area contributed by atoms with Crippen molar-refractivity contribution >= 4 is 0 Å². The molecule has 1 aromatic heterocycles. The SMILES string of the molecule is CC#C[C@]1(CC)O[C@@H](n2ccc(=O)[nH]c2=O)[C@@H](O)C1OCc1ccccc1. The summed E-state index contributed by atoms with van der Waals surface area (Å²) in [5.41, 5.74) is -1.30. The van der Waals surface area contributed by atoms with Crippen molar-refractivity contribution in [2.45, 2.75) is 50.9 Å². The molecule has 4 atom stereocenters. The summed E-state index contributed by atoms with van der Waals surface area (Å²) >= 11 is 0. The third kappa shape index (κ3) is 3.74. The van der Waals surface area contributed by atoms with Crippen LogP contribution in [-0.4, -0.2) is 32.5 Å². The molecule has 3 rings (SSSR count). The number of H-pyrrole nitrogens is 1. The number of ether oxygens (including phenoxy) is 2. The summed E-state index contributed by atoms with van der Waals surface area (Å²) in [6.07, 6.45) is -1.17. The molecule has 0 spiro atoms. The first kappa shape index (κ1) is 19.1. The zero-order chi connectivity index (χ0) is 19.4. The first-order valence-corrected chi connectivity index (χ1v) is 8.77. The van der Waals surface area contributed by atoms with Gasteiger partial charge in [0.15, 0.2) is 11.8 Å². The van der Waals surface area contributed by atoms with Gasteiger partial charge in [-0.2, -0.15) is 0 Å². The maximum Gasteiger partial charge on any atom is 0.330 e. The van der Waals surface area contributed by atoms with E-state index in [0.717, 1.165) is 10.1 Å². The first-order valence-electron chi connectivity index (χ1n) is 8.77. The first-order chi connectivity index (χ1) is 13.0. The van der Waals surface area contributed by atoms with Gasteiger partial charge in [-0.15, -0.1) is 5.92 Å². The fourth-order valence-corrected chi connectivity index (χ4v) is 3.31. The van der Waals surface area contributed by atoms with Crippen LogP contribution in [-0.2, 0) is 16.1 Å². The lowest BCUT2D eigenvalue weighted by Crippen LogP contribution is -2.43. The molecule has 27 heavy (non-hydrogen) atoms. The molecule has 7 heteroatoms. The molecule has 2 N–H and O–H groups in total. The number of benzene rings is 1. The Bertz CT molecular complexity index is 956. The van der Waals surface area contributed by atoms with E-state index in [2.05, 4.69) is 16.8 Å². The average molecular weight is 370 g/mol. The molecular formula is C20H22N2O5. The number of aliphatic hydroxyl groups excluding tert-OH is 1. The molecule has 1 aliphatic heterocycles. The fraction of sp³-hybridized carbons (Fsp3) is 0.400. The molecule has 0 amide bonds. The minimum Gasteiger partial charge on any atom is -0.386 e. The lowest BCUT2D eigenvalue weighted by molar-refractivity contribution is -0.0881. The van der Waals surface area contributed by atoms with Gasteiger partial charge in [-0.25, -0.2) is 4.79 Å². The standard InChI is InChI=1S/C20H22N2O5/c1-3-11-20(4-2)17(26-13-14-8-6-5-7-9-14)16(24)18(27-20)22-12-10-15(23)21-19(22)25/h5-10,12,16-18,24H,4,13H2,1-2H3,(H,21,23,25)/t16-,17?,18+,20-/m0/s1. The molecule has 1 unspecified atom stereocenters. The van der Waals surface area contributed by atoms with Crippen LogP contribution in [0.25, 0.3) is 0 Å². The Balaban J connectivity index is 1.94. The number of hydrogen-bond acceptors (Lipinski definition) is 5. The van der Waals surface area contributed by atoms with Crippen LogP contribution in [0, 0.1) is 11.8 Å². The van der Waals surface area contributed by atoms with Gasteiger partial charge in [-0.3, -0.25) is 14.3 Å². The van der Waals surface area contributed by atoms with Crippen LogP contribution < -0.4 is 11.2 Å². The Morgan fingerprint density at radius 2 is 2.04 bits per heavy atom. The zero-order valence-electron chi connectivity index (χ0n) is 15.2. The maximum atomic E-state index is 12.2. The van der Waals surface area contributed by atoms with E-state index < -0.39 is 35.3 Å². The van der Waals surface area contributed by atoms with Crippen LogP contribution in [0.1, 0.15) is 32.1 Å². The van der Waals surface area contributed by atoms with Gasteiger partial charge in [0.05, 0.1) is 6.61 Å². The topological polar surface area (TPSA) is 93.6 Å². The molecule has 2 heterocycles. The second kappa shape index (κ2) is 7.92. The van der Waals surface area contributed by atoms with Crippen molar-refractivity contribution in [1.29, 1.82) is 0 Å². The number of aromatic amines is 1. The van der Waals surface area contributed by atoms with Crippen molar-refractivity contribution in [3.8, 4) is 11.8 Å². The number of aromatic nitrogens is 2. The predicted molar refractivity (Wildman–Crippen MR) is 98.9 cm³/mol. The molecule has 1 saturated heterocycles. The highest BCUT2D eigenvalue weighted by atomic mass is 16.6. The number of rotatable bonds is 5. The van der Waals surface area contributed by atoms with E-state index in [1.165, 1.54) is 12.3 Å². The highest BCUT2D eigenvalue weighted by Gasteiger charge is 2.55. The number of hydrogen-bond donors (Lipinski definition) is 2. The molecule has 0 radical (unpaired) electrons. The predicted octanol–water partition coefficient (Wildman–Crippen LogP) is 1.18. The van der Waals surface area contributed by atoms with Crippen LogP contribution in [0.2, 0.25) is 0 Å². The Kier molecular flexibility index (Phi) is 5.61. The second-order valence-electron chi connectivity index (χ2n) is 6.35. The van der Waals surface area contributed by atoms with Gasteiger partial charge in [-0.05, 0) is 18.9 Å². The third-order valence-electron chi connectivity index (χ3n) is 4.65. The Hall–Kier alpha value is -2.66. The van der Waals surface area contributed by atoms with E-state index in [0.29, 0.717) is 6.42 Å². The zero-order valence-corrected chi connectivity index (χ0v) is 15.2. The van der Waals surface area contributed by atoms with Crippen LogP contribution in [0.3, 0.4) is 0 Å². The molecule has 0 saturated carbocycles. The summed E-state index contributed by atoms with van der Waals surface area (Å²) in [6, 6.07) is 10.8. The summed E-state index contributed by atoms with van der Waals surface area (Å²) in [5, 5.41) is 10.9. The van der Waals surface area contributed by atoms with Gasteiger partial charge < -0.3 is 14.6 Å². The number of nitrogens with zero attached hydrogens (tertiary/aromatic N) is 1. The molecule has 0 aliphatic carbocycles. The minimum absolute atomic E-state index is 0.270. The molecule has 1 fully saturated rings. The lowest BCUT2D eigenvalue weighted by atomic mass is 9.92. The lowest BCUT2D eigenvalue weighted by Gasteiger charge is -2.28. The highest BCUT2D eigenvalue weighted by molar-refractivity contribution is 5.22. The molecule has 2 aromatic rings. The van der Waals surface area contributed by atoms with Gasteiger partial charge in [-0.1, -0.05) is 43.2 Å². The summed E-state index contributed by atoms with van der Waals surface area (Å²) in [7, 11) is 0. The maximum absolute atomic E-state index is 12.2. The van der Waals surface area contributed by atoms with Crippen LogP contribution in [0.4, 0.5) is 0 Å². The average Bonchev–Trinajstić information content (AvgIpc) is 2.93. The summed E-state index contributed by atoms with van der Waals surface area (Å²) in [6.45, 7) is 3.83. The smallest absolute Gasteiger partial charge is 0.330 e. The van der Waals surface area contributed by atoms with Gasteiger partial charge in [0.2, 0.25) is 0 Å². The van der Waals surface area contributed by atoms with Crippen molar-refractivity contribution in [2.24, 2.45) is 0 Å².